The summed E-state index contributed by atoms with van der Waals surface area (Å²) in [5.74, 6) is -0.694. The number of carbonyl (C=O) groups is 2. The van der Waals surface area contributed by atoms with E-state index in [9.17, 15) is 9.59 Å². The Morgan fingerprint density at radius 1 is 1.04 bits per heavy atom. The van der Waals surface area contributed by atoms with Crippen molar-refractivity contribution in [3.8, 4) is 5.75 Å². The third-order valence-corrected chi connectivity index (χ3v) is 3.23. The van der Waals surface area contributed by atoms with Crippen molar-refractivity contribution in [1.82, 2.24) is 0 Å². The predicted molar refractivity (Wildman–Crippen MR) is 87.6 cm³/mol. The summed E-state index contributed by atoms with van der Waals surface area (Å²) in [6.07, 6.45) is 0.745. The first-order chi connectivity index (χ1) is 11.0. The van der Waals surface area contributed by atoms with Crippen molar-refractivity contribution in [1.29, 1.82) is 0 Å². The molecule has 120 valence electrons. The van der Waals surface area contributed by atoms with Gasteiger partial charge in [-0.1, -0.05) is 19.1 Å². The normalized spacial score (nSPS) is 10.2. The Bertz CT molecular complexity index is 725. The van der Waals surface area contributed by atoms with Gasteiger partial charge in [0, 0.05) is 5.69 Å². The van der Waals surface area contributed by atoms with E-state index in [0.29, 0.717) is 23.4 Å². The van der Waals surface area contributed by atoms with E-state index < -0.39 is 11.9 Å². The van der Waals surface area contributed by atoms with E-state index in [4.69, 9.17) is 15.2 Å². The van der Waals surface area contributed by atoms with Gasteiger partial charge in [-0.25, -0.2) is 9.59 Å². The Balaban J connectivity index is 2.12. The fraction of sp³-hybridized carbons (Fsp3) is 0.222. The number of carbonyl (C=O) groups excluding carboxylic acids is 2. The monoisotopic (exact) mass is 313 g/mol. The predicted octanol–water partition coefficient (Wildman–Crippen LogP) is 3.36. The second kappa shape index (κ2) is 7.45. The third kappa shape index (κ3) is 4.32. The van der Waals surface area contributed by atoms with Crippen LogP contribution >= 0.6 is 0 Å². The highest BCUT2D eigenvalue weighted by Gasteiger charge is 2.12. The zero-order valence-corrected chi connectivity index (χ0v) is 13.2. The van der Waals surface area contributed by atoms with Gasteiger partial charge in [0.15, 0.2) is 0 Å². The molecule has 0 saturated carbocycles. The van der Waals surface area contributed by atoms with Crippen LogP contribution in [0.4, 0.5) is 5.69 Å². The molecule has 0 unspecified atom stereocenters. The Morgan fingerprint density at radius 2 is 1.78 bits per heavy atom. The first kappa shape index (κ1) is 16.5. The first-order valence-corrected chi connectivity index (χ1v) is 7.36. The molecule has 2 aromatic carbocycles. The van der Waals surface area contributed by atoms with Crippen LogP contribution in [0.2, 0.25) is 0 Å². The molecule has 0 spiro atoms. The number of rotatable bonds is 5. The van der Waals surface area contributed by atoms with E-state index in [1.54, 1.807) is 36.4 Å². The average molecular weight is 313 g/mol. The van der Waals surface area contributed by atoms with Crippen LogP contribution in [0.3, 0.4) is 0 Å². The summed E-state index contributed by atoms with van der Waals surface area (Å²) in [5, 5.41) is 0. The van der Waals surface area contributed by atoms with Crippen molar-refractivity contribution in [3.63, 3.8) is 0 Å². The molecule has 2 aromatic rings. The zero-order chi connectivity index (χ0) is 16.8. The topological polar surface area (TPSA) is 78.6 Å². The molecule has 0 amide bonds. The van der Waals surface area contributed by atoms with Crippen LogP contribution in [0.5, 0.6) is 5.75 Å². The molecule has 5 nitrogen and oxygen atoms in total. The molecule has 0 aliphatic rings. The minimum atomic E-state index is -0.532. The SMILES string of the molecule is CCCOC(=O)c1cccc(OC(=O)c2ccc(C)c(N)c2)c1. The van der Waals surface area contributed by atoms with E-state index in [1.165, 1.54) is 6.07 Å². The number of benzene rings is 2. The average Bonchev–Trinajstić information content (AvgIpc) is 2.55. The van der Waals surface area contributed by atoms with Gasteiger partial charge in [0.2, 0.25) is 0 Å². The van der Waals surface area contributed by atoms with Crippen LogP contribution < -0.4 is 10.5 Å². The van der Waals surface area contributed by atoms with Crippen molar-refractivity contribution in [2.45, 2.75) is 20.3 Å². The van der Waals surface area contributed by atoms with Crippen molar-refractivity contribution in [3.05, 3.63) is 59.2 Å². The largest absolute Gasteiger partial charge is 0.462 e. The van der Waals surface area contributed by atoms with Gasteiger partial charge in [0.05, 0.1) is 17.7 Å². The third-order valence-electron chi connectivity index (χ3n) is 3.23. The molecule has 0 aliphatic heterocycles. The highest BCUT2D eigenvalue weighted by atomic mass is 16.5. The molecular weight excluding hydrogens is 294 g/mol. The van der Waals surface area contributed by atoms with Crippen molar-refractivity contribution < 1.29 is 19.1 Å². The summed E-state index contributed by atoms with van der Waals surface area (Å²) < 4.78 is 10.3. The van der Waals surface area contributed by atoms with Crippen molar-refractivity contribution in [2.75, 3.05) is 12.3 Å². The van der Waals surface area contributed by atoms with Crippen LogP contribution in [0.1, 0.15) is 39.6 Å². The maximum Gasteiger partial charge on any atom is 0.343 e. The fourth-order valence-electron chi connectivity index (χ4n) is 1.90. The molecule has 0 atom stereocenters. The number of hydrogen-bond donors (Lipinski definition) is 1. The molecule has 0 fully saturated rings. The standard InChI is InChI=1S/C18H19NO4/c1-3-9-22-17(20)13-5-4-6-15(10-13)23-18(21)14-8-7-12(2)16(19)11-14/h4-8,10-11H,3,9,19H2,1-2H3. The summed E-state index contributed by atoms with van der Waals surface area (Å²) >= 11 is 0. The molecule has 0 heterocycles. The second-order valence-electron chi connectivity index (χ2n) is 5.12. The number of nitrogens with two attached hydrogens (primary N) is 1. The molecule has 0 aliphatic carbocycles. The number of nitrogen functional groups attached to an aromatic ring is 1. The Morgan fingerprint density at radius 3 is 2.48 bits per heavy atom. The first-order valence-electron chi connectivity index (χ1n) is 7.36. The summed E-state index contributed by atoms with van der Waals surface area (Å²) in [6.45, 7) is 4.13. The number of aryl methyl sites for hydroxylation is 1. The second-order valence-corrected chi connectivity index (χ2v) is 5.12. The van der Waals surface area contributed by atoms with E-state index in [-0.39, 0.29) is 5.75 Å². The Kier molecular flexibility index (Phi) is 5.36. The van der Waals surface area contributed by atoms with E-state index in [2.05, 4.69) is 0 Å². The van der Waals surface area contributed by atoms with Gasteiger partial charge in [-0.15, -0.1) is 0 Å². The van der Waals surface area contributed by atoms with Gasteiger partial charge < -0.3 is 15.2 Å². The minimum Gasteiger partial charge on any atom is -0.462 e. The van der Waals surface area contributed by atoms with Gasteiger partial charge in [-0.2, -0.15) is 0 Å². The van der Waals surface area contributed by atoms with Gasteiger partial charge in [-0.3, -0.25) is 0 Å². The molecule has 2 rings (SSSR count). The maximum atomic E-state index is 12.1. The minimum absolute atomic E-state index is 0.278. The number of hydrogen-bond acceptors (Lipinski definition) is 5. The van der Waals surface area contributed by atoms with E-state index >= 15 is 0 Å². The smallest absolute Gasteiger partial charge is 0.343 e. The summed E-state index contributed by atoms with van der Waals surface area (Å²) in [7, 11) is 0. The molecule has 0 bridgehead atoms. The Hall–Kier alpha value is -2.82. The summed E-state index contributed by atoms with van der Waals surface area (Å²) in [5.41, 5.74) is 7.90. The number of esters is 2. The lowest BCUT2D eigenvalue weighted by molar-refractivity contribution is 0.0503. The number of anilines is 1. The Labute approximate surface area is 135 Å². The van der Waals surface area contributed by atoms with Gasteiger partial charge in [0.25, 0.3) is 0 Å². The number of ether oxygens (including phenoxy) is 2. The van der Waals surface area contributed by atoms with Gasteiger partial charge >= 0.3 is 11.9 Å². The molecule has 0 aromatic heterocycles. The van der Waals surface area contributed by atoms with Crippen LogP contribution in [0.25, 0.3) is 0 Å². The van der Waals surface area contributed by atoms with E-state index in [1.807, 2.05) is 13.8 Å². The molecule has 5 heteroatoms. The van der Waals surface area contributed by atoms with Gasteiger partial charge in [0.1, 0.15) is 5.75 Å². The lowest BCUT2D eigenvalue weighted by Gasteiger charge is -2.08. The van der Waals surface area contributed by atoms with Gasteiger partial charge in [-0.05, 0) is 49.2 Å². The highest BCUT2D eigenvalue weighted by molar-refractivity contribution is 5.93. The zero-order valence-electron chi connectivity index (χ0n) is 13.2. The summed E-state index contributed by atoms with van der Waals surface area (Å²) in [4.78, 5) is 24.0. The highest BCUT2D eigenvalue weighted by Crippen LogP contribution is 2.18. The fourth-order valence-corrected chi connectivity index (χ4v) is 1.90. The van der Waals surface area contributed by atoms with Crippen LogP contribution in [-0.4, -0.2) is 18.5 Å². The molecule has 0 radical (unpaired) electrons. The lowest BCUT2D eigenvalue weighted by atomic mass is 10.1. The van der Waals surface area contributed by atoms with Crippen LogP contribution in [0, 0.1) is 6.92 Å². The molecular formula is C18H19NO4. The van der Waals surface area contributed by atoms with Crippen molar-refractivity contribution >= 4 is 17.6 Å². The molecule has 23 heavy (non-hydrogen) atoms. The molecule has 2 N–H and O–H groups in total. The molecule has 0 saturated heterocycles. The van der Waals surface area contributed by atoms with Crippen LogP contribution in [0.15, 0.2) is 42.5 Å². The maximum absolute atomic E-state index is 12.1. The van der Waals surface area contributed by atoms with E-state index in [0.717, 1.165) is 12.0 Å². The quantitative estimate of drug-likeness (QED) is 0.520. The van der Waals surface area contributed by atoms with Crippen molar-refractivity contribution in [2.24, 2.45) is 0 Å². The lowest BCUT2D eigenvalue weighted by Crippen LogP contribution is -2.10. The summed E-state index contributed by atoms with van der Waals surface area (Å²) in [6, 6.07) is 11.3. The van der Waals surface area contributed by atoms with Crippen LogP contribution in [-0.2, 0) is 4.74 Å².